The number of likely N-dealkylation sites (N-methyl/N-ethyl adjacent to an activating group) is 1. The predicted octanol–water partition coefficient (Wildman–Crippen LogP) is 1.71. The molecule has 112 valence electrons. The van der Waals surface area contributed by atoms with Crippen molar-refractivity contribution in [1.82, 2.24) is 15.1 Å². The Morgan fingerprint density at radius 1 is 1.37 bits per heavy atom. The molecular formula is C15H31N3O. The van der Waals surface area contributed by atoms with Gasteiger partial charge in [-0.15, -0.1) is 0 Å². The topological polar surface area (TPSA) is 35.6 Å². The van der Waals surface area contributed by atoms with Crippen molar-refractivity contribution in [1.29, 1.82) is 0 Å². The second-order valence-electron chi connectivity index (χ2n) is 6.66. The van der Waals surface area contributed by atoms with Gasteiger partial charge in [0.15, 0.2) is 0 Å². The van der Waals surface area contributed by atoms with Gasteiger partial charge in [-0.05, 0) is 47.1 Å². The summed E-state index contributed by atoms with van der Waals surface area (Å²) in [5, 5.41) is 3.57. The Hall–Kier alpha value is -0.610. The number of hydrogen-bond donors (Lipinski definition) is 1. The minimum Gasteiger partial charge on any atom is -0.345 e. The first-order chi connectivity index (χ1) is 8.83. The van der Waals surface area contributed by atoms with E-state index in [1.54, 1.807) is 0 Å². The van der Waals surface area contributed by atoms with Crippen LogP contribution in [-0.2, 0) is 4.79 Å². The molecular weight excluding hydrogens is 238 g/mol. The van der Waals surface area contributed by atoms with E-state index in [9.17, 15) is 4.79 Å². The van der Waals surface area contributed by atoms with Crippen LogP contribution in [-0.4, -0.2) is 60.5 Å². The summed E-state index contributed by atoms with van der Waals surface area (Å²) in [6, 6.07) is 0.502. The largest absolute Gasteiger partial charge is 0.345 e. The standard InChI is InChI=1S/C15H31N3O/c1-6-17(5)14(19)12-18-10-8-7-9-13(18)11-16-15(2,3)4/h13,16H,6-12H2,1-5H3. The van der Waals surface area contributed by atoms with Crippen molar-refractivity contribution >= 4 is 5.91 Å². The first kappa shape index (κ1) is 16.4. The number of carbonyl (C=O) groups excluding carboxylic acids is 1. The van der Waals surface area contributed by atoms with Crippen molar-refractivity contribution in [2.75, 3.05) is 33.2 Å². The van der Waals surface area contributed by atoms with Gasteiger partial charge in [0.1, 0.15) is 0 Å². The van der Waals surface area contributed by atoms with Gasteiger partial charge in [0.2, 0.25) is 5.91 Å². The Morgan fingerprint density at radius 3 is 2.63 bits per heavy atom. The second-order valence-corrected chi connectivity index (χ2v) is 6.66. The van der Waals surface area contributed by atoms with E-state index in [1.807, 2.05) is 18.9 Å². The number of hydrogen-bond acceptors (Lipinski definition) is 3. The monoisotopic (exact) mass is 269 g/mol. The molecule has 0 radical (unpaired) electrons. The maximum Gasteiger partial charge on any atom is 0.236 e. The van der Waals surface area contributed by atoms with Gasteiger partial charge < -0.3 is 10.2 Å². The molecule has 1 amide bonds. The van der Waals surface area contributed by atoms with Gasteiger partial charge in [0, 0.05) is 31.7 Å². The lowest BCUT2D eigenvalue weighted by Gasteiger charge is -2.37. The third-order valence-electron chi connectivity index (χ3n) is 3.86. The van der Waals surface area contributed by atoms with Gasteiger partial charge >= 0.3 is 0 Å². The van der Waals surface area contributed by atoms with Gasteiger partial charge in [0.25, 0.3) is 0 Å². The lowest BCUT2D eigenvalue weighted by atomic mass is 10.0. The maximum atomic E-state index is 12.1. The van der Waals surface area contributed by atoms with Gasteiger partial charge in [-0.1, -0.05) is 6.42 Å². The van der Waals surface area contributed by atoms with E-state index in [0.29, 0.717) is 12.6 Å². The number of amides is 1. The van der Waals surface area contributed by atoms with Crippen LogP contribution in [0.2, 0.25) is 0 Å². The molecule has 1 aliphatic heterocycles. The molecule has 1 rings (SSSR count). The fourth-order valence-electron chi connectivity index (χ4n) is 2.39. The van der Waals surface area contributed by atoms with Gasteiger partial charge in [-0.25, -0.2) is 0 Å². The number of piperidine rings is 1. The molecule has 0 bridgehead atoms. The molecule has 1 saturated heterocycles. The number of likely N-dealkylation sites (tertiary alicyclic amines) is 1. The van der Waals surface area contributed by atoms with E-state index >= 15 is 0 Å². The first-order valence-corrected chi connectivity index (χ1v) is 7.56. The molecule has 1 unspecified atom stereocenters. The summed E-state index contributed by atoms with van der Waals surface area (Å²) in [6.07, 6.45) is 3.70. The average molecular weight is 269 g/mol. The van der Waals surface area contributed by atoms with Crippen LogP contribution >= 0.6 is 0 Å². The number of nitrogens with zero attached hydrogens (tertiary/aromatic N) is 2. The molecule has 4 heteroatoms. The van der Waals surface area contributed by atoms with Crippen molar-refractivity contribution in [3.05, 3.63) is 0 Å². The Kier molecular flexibility index (Phi) is 6.27. The molecule has 1 atom stereocenters. The molecule has 0 aromatic rings. The Balaban J connectivity index is 2.50. The minimum absolute atomic E-state index is 0.146. The number of nitrogens with one attached hydrogen (secondary N) is 1. The van der Waals surface area contributed by atoms with E-state index in [0.717, 1.165) is 19.6 Å². The summed E-state index contributed by atoms with van der Waals surface area (Å²) in [5.74, 6) is 0.241. The fourth-order valence-corrected chi connectivity index (χ4v) is 2.39. The van der Waals surface area contributed by atoms with E-state index in [4.69, 9.17) is 0 Å². The SMILES string of the molecule is CCN(C)C(=O)CN1CCCCC1CNC(C)(C)C. The molecule has 0 spiro atoms. The van der Waals surface area contributed by atoms with Crippen LogP contribution in [0, 0.1) is 0 Å². The first-order valence-electron chi connectivity index (χ1n) is 7.56. The van der Waals surface area contributed by atoms with Gasteiger partial charge in [-0.2, -0.15) is 0 Å². The third-order valence-corrected chi connectivity index (χ3v) is 3.86. The zero-order chi connectivity index (χ0) is 14.5. The maximum absolute atomic E-state index is 12.1. The summed E-state index contributed by atoms with van der Waals surface area (Å²) in [5.41, 5.74) is 0.146. The van der Waals surface area contributed by atoms with Crippen molar-refractivity contribution in [2.24, 2.45) is 0 Å². The molecule has 0 saturated carbocycles. The normalized spacial score (nSPS) is 21.4. The summed E-state index contributed by atoms with van der Waals surface area (Å²) in [7, 11) is 1.88. The van der Waals surface area contributed by atoms with Crippen LogP contribution in [0.25, 0.3) is 0 Å². The summed E-state index contributed by atoms with van der Waals surface area (Å²) >= 11 is 0. The zero-order valence-electron chi connectivity index (χ0n) is 13.3. The molecule has 0 aromatic heterocycles. The minimum atomic E-state index is 0.146. The van der Waals surface area contributed by atoms with E-state index in [2.05, 4.69) is 31.0 Å². The van der Waals surface area contributed by atoms with Crippen molar-refractivity contribution in [3.63, 3.8) is 0 Å². The van der Waals surface area contributed by atoms with Crippen LogP contribution in [0.15, 0.2) is 0 Å². The van der Waals surface area contributed by atoms with E-state index in [-0.39, 0.29) is 11.4 Å². The smallest absolute Gasteiger partial charge is 0.236 e. The van der Waals surface area contributed by atoms with Gasteiger partial charge in [-0.3, -0.25) is 9.69 Å². The Bertz CT molecular complexity index is 286. The van der Waals surface area contributed by atoms with E-state index < -0.39 is 0 Å². The van der Waals surface area contributed by atoms with Crippen LogP contribution in [0.1, 0.15) is 47.0 Å². The third kappa shape index (κ3) is 5.91. The van der Waals surface area contributed by atoms with Crippen molar-refractivity contribution in [2.45, 2.75) is 58.5 Å². The second kappa shape index (κ2) is 7.25. The molecule has 1 N–H and O–H groups in total. The molecule has 4 nitrogen and oxygen atoms in total. The summed E-state index contributed by atoms with van der Waals surface area (Å²) in [4.78, 5) is 16.2. The van der Waals surface area contributed by atoms with E-state index in [1.165, 1.54) is 19.3 Å². The molecule has 0 aromatic carbocycles. The van der Waals surface area contributed by atoms with Crippen LogP contribution in [0.5, 0.6) is 0 Å². The Labute approximate surface area is 118 Å². The summed E-state index contributed by atoms with van der Waals surface area (Å²) < 4.78 is 0. The highest BCUT2D eigenvalue weighted by Gasteiger charge is 2.26. The lowest BCUT2D eigenvalue weighted by molar-refractivity contribution is -0.131. The number of carbonyl (C=O) groups is 1. The van der Waals surface area contributed by atoms with Crippen molar-refractivity contribution in [3.8, 4) is 0 Å². The highest BCUT2D eigenvalue weighted by atomic mass is 16.2. The number of rotatable bonds is 5. The van der Waals surface area contributed by atoms with Crippen LogP contribution in [0.3, 0.4) is 0 Å². The van der Waals surface area contributed by atoms with Crippen molar-refractivity contribution < 1.29 is 4.79 Å². The molecule has 1 fully saturated rings. The zero-order valence-corrected chi connectivity index (χ0v) is 13.3. The quantitative estimate of drug-likeness (QED) is 0.825. The molecule has 19 heavy (non-hydrogen) atoms. The highest BCUT2D eigenvalue weighted by Crippen LogP contribution is 2.17. The molecule has 1 aliphatic rings. The van der Waals surface area contributed by atoms with Crippen LogP contribution in [0.4, 0.5) is 0 Å². The molecule has 1 heterocycles. The Morgan fingerprint density at radius 2 is 2.05 bits per heavy atom. The predicted molar refractivity (Wildman–Crippen MR) is 80.3 cm³/mol. The summed E-state index contributed by atoms with van der Waals surface area (Å²) in [6.45, 7) is 12.0. The van der Waals surface area contributed by atoms with Crippen LogP contribution < -0.4 is 5.32 Å². The van der Waals surface area contributed by atoms with Gasteiger partial charge in [0.05, 0.1) is 6.54 Å². The highest BCUT2D eigenvalue weighted by molar-refractivity contribution is 5.78. The fraction of sp³-hybridized carbons (Fsp3) is 0.933. The molecule has 0 aliphatic carbocycles. The average Bonchev–Trinajstić information content (AvgIpc) is 2.35. The lowest BCUT2D eigenvalue weighted by Crippen LogP contribution is -2.52.